The molecule has 0 aromatic carbocycles. The normalized spacial score (nSPS) is 17.3. The van der Waals surface area contributed by atoms with Crippen LogP contribution in [0.1, 0.15) is 37.8 Å². The molecule has 0 N–H and O–H groups in total. The minimum absolute atomic E-state index is 0.428. The third kappa shape index (κ3) is 4.29. The number of nitriles is 1. The molecule has 4 heteroatoms. The van der Waals surface area contributed by atoms with Gasteiger partial charge in [0.1, 0.15) is 11.8 Å². The number of piperidine rings is 1. The van der Waals surface area contributed by atoms with Gasteiger partial charge in [-0.3, -0.25) is 4.98 Å². The van der Waals surface area contributed by atoms with E-state index in [-0.39, 0.29) is 0 Å². The molecule has 1 unspecified atom stereocenters. The lowest BCUT2D eigenvalue weighted by atomic mass is 9.98. The molecule has 0 amide bonds. The topological polar surface area (TPSA) is 52.3 Å². The number of pyridine rings is 1. The summed E-state index contributed by atoms with van der Waals surface area (Å²) in [7, 11) is 0. The summed E-state index contributed by atoms with van der Waals surface area (Å²) < 4.78 is 0. The lowest BCUT2D eigenvalue weighted by molar-refractivity contribution is 0.340. The van der Waals surface area contributed by atoms with Gasteiger partial charge in [0.25, 0.3) is 0 Å². The SMILES string of the molecule is C=C(/C=C\N=C(C)N1CCCCC1)C(C#N)c1ccccn1. The highest BCUT2D eigenvalue weighted by Crippen LogP contribution is 2.21. The first-order chi connectivity index (χ1) is 10.7. The highest BCUT2D eigenvalue weighted by Gasteiger charge is 2.13. The van der Waals surface area contributed by atoms with Gasteiger partial charge < -0.3 is 4.90 Å². The van der Waals surface area contributed by atoms with E-state index in [1.165, 1.54) is 19.3 Å². The number of hydrogen-bond acceptors (Lipinski definition) is 3. The van der Waals surface area contributed by atoms with Crippen LogP contribution < -0.4 is 0 Å². The fourth-order valence-electron chi connectivity index (χ4n) is 2.52. The van der Waals surface area contributed by atoms with Crippen LogP contribution in [-0.2, 0) is 0 Å². The summed E-state index contributed by atoms with van der Waals surface area (Å²) in [6.07, 6.45) is 9.01. The first-order valence-corrected chi connectivity index (χ1v) is 7.67. The van der Waals surface area contributed by atoms with E-state index >= 15 is 0 Å². The van der Waals surface area contributed by atoms with Crippen LogP contribution in [0.25, 0.3) is 0 Å². The third-order valence-corrected chi connectivity index (χ3v) is 3.85. The maximum Gasteiger partial charge on any atom is 0.113 e. The number of aliphatic imine (C=N–C) groups is 1. The highest BCUT2D eigenvalue weighted by molar-refractivity contribution is 5.80. The van der Waals surface area contributed by atoms with Gasteiger partial charge in [-0.2, -0.15) is 5.26 Å². The summed E-state index contributed by atoms with van der Waals surface area (Å²) in [6.45, 7) is 8.17. The molecule has 1 saturated heterocycles. The Morgan fingerprint density at radius 1 is 1.41 bits per heavy atom. The Morgan fingerprint density at radius 2 is 2.18 bits per heavy atom. The number of amidine groups is 1. The minimum atomic E-state index is -0.428. The molecule has 1 fully saturated rings. The van der Waals surface area contributed by atoms with E-state index in [0.29, 0.717) is 5.57 Å². The standard InChI is InChI=1S/C18H22N4/c1-15(17(14-19)18-8-4-5-10-21-18)9-11-20-16(2)22-12-6-3-7-13-22/h4-5,8-11,17H,1,3,6-7,12-13H2,2H3/b11-9-,20-16?. The predicted molar refractivity (Wildman–Crippen MR) is 89.4 cm³/mol. The average molecular weight is 294 g/mol. The molecule has 1 atom stereocenters. The zero-order valence-corrected chi connectivity index (χ0v) is 13.1. The molecule has 4 nitrogen and oxygen atoms in total. The van der Waals surface area contributed by atoms with E-state index < -0.39 is 5.92 Å². The van der Waals surface area contributed by atoms with E-state index in [1.54, 1.807) is 18.5 Å². The fourth-order valence-corrected chi connectivity index (χ4v) is 2.52. The largest absolute Gasteiger partial charge is 0.360 e. The summed E-state index contributed by atoms with van der Waals surface area (Å²) in [4.78, 5) is 11.0. The van der Waals surface area contributed by atoms with E-state index in [0.717, 1.165) is 24.6 Å². The van der Waals surface area contributed by atoms with E-state index in [9.17, 15) is 5.26 Å². The molecule has 1 aliphatic heterocycles. The highest BCUT2D eigenvalue weighted by atomic mass is 15.2. The molecule has 22 heavy (non-hydrogen) atoms. The number of allylic oxidation sites excluding steroid dienone is 2. The Kier molecular flexibility index (Phi) is 5.91. The molecule has 114 valence electrons. The van der Waals surface area contributed by atoms with Gasteiger partial charge in [-0.15, -0.1) is 0 Å². The lowest BCUT2D eigenvalue weighted by Crippen LogP contribution is -2.33. The van der Waals surface area contributed by atoms with Crippen LogP contribution in [0.2, 0.25) is 0 Å². The summed E-state index contributed by atoms with van der Waals surface area (Å²) in [5, 5.41) is 9.33. The second-order valence-corrected chi connectivity index (χ2v) is 5.43. The van der Waals surface area contributed by atoms with Crippen molar-refractivity contribution in [3.63, 3.8) is 0 Å². The molecule has 1 aromatic heterocycles. The van der Waals surface area contributed by atoms with Crippen molar-refractivity contribution in [1.29, 1.82) is 5.26 Å². The molecule has 0 spiro atoms. The predicted octanol–water partition coefficient (Wildman–Crippen LogP) is 3.66. The molecule has 1 aliphatic rings. The monoisotopic (exact) mass is 294 g/mol. The lowest BCUT2D eigenvalue weighted by Gasteiger charge is -2.27. The molecule has 0 bridgehead atoms. The molecule has 2 heterocycles. The molecule has 0 aliphatic carbocycles. The summed E-state index contributed by atoms with van der Waals surface area (Å²) in [5.41, 5.74) is 1.42. The number of likely N-dealkylation sites (tertiary alicyclic amines) is 1. The van der Waals surface area contributed by atoms with E-state index in [4.69, 9.17) is 0 Å². The van der Waals surface area contributed by atoms with Gasteiger partial charge in [0.2, 0.25) is 0 Å². The summed E-state index contributed by atoms with van der Waals surface area (Å²) in [5.74, 6) is 0.595. The zero-order chi connectivity index (χ0) is 15.8. The van der Waals surface area contributed by atoms with Crippen molar-refractivity contribution in [3.8, 4) is 6.07 Å². The van der Waals surface area contributed by atoms with Crippen LogP contribution in [0, 0.1) is 11.3 Å². The van der Waals surface area contributed by atoms with Gasteiger partial charge in [-0.05, 0) is 50.0 Å². The van der Waals surface area contributed by atoms with Gasteiger partial charge >= 0.3 is 0 Å². The van der Waals surface area contributed by atoms with Gasteiger partial charge in [-0.1, -0.05) is 12.6 Å². The van der Waals surface area contributed by atoms with Crippen LogP contribution >= 0.6 is 0 Å². The van der Waals surface area contributed by atoms with Crippen molar-refractivity contribution >= 4 is 5.84 Å². The zero-order valence-electron chi connectivity index (χ0n) is 13.1. The first-order valence-electron chi connectivity index (χ1n) is 7.67. The van der Waals surface area contributed by atoms with Crippen molar-refractivity contribution < 1.29 is 0 Å². The number of hydrogen-bond donors (Lipinski definition) is 0. The summed E-state index contributed by atoms with van der Waals surface area (Å²) >= 11 is 0. The average Bonchev–Trinajstić information content (AvgIpc) is 2.57. The Morgan fingerprint density at radius 3 is 2.82 bits per heavy atom. The van der Waals surface area contributed by atoms with Crippen molar-refractivity contribution in [2.75, 3.05) is 13.1 Å². The second-order valence-electron chi connectivity index (χ2n) is 5.43. The third-order valence-electron chi connectivity index (χ3n) is 3.85. The van der Waals surface area contributed by atoms with Crippen molar-refractivity contribution in [2.24, 2.45) is 4.99 Å². The Labute approximate surface area is 132 Å². The van der Waals surface area contributed by atoms with Gasteiger partial charge in [0, 0.05) is 25.5 Å². The van der Waals surface area contributed by atoms with Crippen molar-refractivity contribution in [1.82, 2.24) is 9.88 Å². The molecule has 0 saturated carbocycles. The summed E-state index contributed by atoms with van der Waals surface area (Å²) in [6, 6.07) is 7.80. The fraction of sp³-hybridized carbons (Fsp3) is 0.389. The van der Waals surface area contributed by atoms with Crippen LogP contribution in [0.5, 0.6) is 0 Å². The smallest absolute Gasteiger partial charge is 0.113 e. The van der Waals surface area contributed by atoms with Gasteiger partial charge in [0.05, 0.1) is 11.8 Å². The second kappa shape index (κ2) is 8.14. The van der Waals surface area contributed by atoms with Crippen molar-refractivity contribution in [2.45, 2.75) is 32.1 Å². The quantitative estimate of drug-likeness (QED) is 0.484. The van der Waals surface area contributed by atoms with E-state index in [1.807, 2.05) is 25.1 Å². The number of rotatable bonds is 4. The molecular formula is C18H22N4. The Bertz CT molecular complexity index is 589. The maximum atomic E-state index is 9.33. The van der Waals surface area contributed by atoms with Crippen LogP contribution in [0.3, 0.4) is 0 Å². The van der Waals surface area contributed by atoms with Crippen LogP contribution in [-0.4, -0.2) is 28.8 Å². The molecular weight excluding hydrogens is 272 g/mol. The van der Waals surface area contributed by atoms with Gasteiger partial charge in [0.15, 0.2) is 0 Å². The van der Waals surface area contributed by atoms with E-state index in [2.05, 4.69) is 27.5 Å². The number of aromatic nitrogens is 1. The maximum absolute atomic E-state index is 9.33. The Hall–Kier alpha value is -2.41. The van der Waals surface area contributed by atoms with Crippen molar-refractivity contribution in [3.05, 3.63) is 54.5 Å². The molecule has 1 aromatic rings. The minimum Gasteiger partial charge on any atom is -0.360 e. The van der Waals surface area contributed by atoms with Crippen LogP contribution in [0.15, 0.2) is 53.8 Å². The van der Waals surface area contributed by atoms with Crippen LogP contribution in [0.4, 0.5) is 0 Å². The Balaban J connectivity index is 1.99. The molecule has 0 radical (unpaired) electrons. The first kappa shape index (κ1) is 16.0. The number of nitrogens with zero attached hydrogens (tertiary/aromatic N) is 4. The molecule has 2 rings (SSSR count). The van der Waals surface area contributed by atoms with Gasteiger partial charge in [-0.25, -0.2) is 4.99 Å².